The van der Waals surface area contributed by atoms with E-state index in [0.717, 1.165) is 5.56 Å². The highest BCUT2D eigenvalue weighted by Crippen LogP contribution is 2.09. The minimum atomic E-state index is -0.558. The lowest BCUT2D eigenvalue weighted by Gasteiger charge is -2.19. The number of rotatable bonds is 7. The second-order valence-corrected chi connectivity index (χ2v) is 6.69. The number of carbonyl (C=O) groups excluding carboxylic acids is 3. The molecule has 0 aliphatic heterocycles. The molecular formula is C19H28N2O5. The molecule has 0 atom stereocenters. The summed E-state index contributed by atoms with van der Waals surface area (Å²) in [6, 6.07) is 6.60. The van der Waals surface area contributed by atoms with E-state index in [-0.39, 0.29) is 19.1 Å². The molecule has 0 aliphatic carbocycles. The SMILES string of the molecule is CCN(CC)C(=O)COC(=O)c1ccc(CNC(=O)OC(C)(C)C)cc1. The van der Waals surface area contributed by atoms with Crippen molar-refractivity contribution in [2.75, 3.05) is 19.7 Å². The van der Waals surface area contributed by atoms with Crippen molar-refractivity contribution in [2.24, 2.45) is 0 Å². The fraction of sp³-hybridized carbons (Fsp3) is 0.526. The van der Waals surface area contributed by atoms with Gasteiger partial charge in [0.2, 0.25) is 0 Å². The van der Waals surface area contributed by atoms with Gasteiger partial charge in [0.25, 0.3) is 5.91 Å². The third-order valence-electron chi connectivity index (χ3n) is 3.47. The molecule has 0 heterocycles. The van der Waals surface area contributed by atoms with Gasteiger partial charge in [0.15, 0.2) is 6.61 Å². The lowest BCUT2D eigenvalue weighted by molar-refractivity contribution is -0.134. The first-order valence-corrected chi connectivity index (χ1v) is 8.67. The molecular weight excluding hydrogens is 336 g/mol. The van der Waals surface area contributed by atoms with Crippen LogP contribution in [0.25, 0.3) is 0 Å². The number of likely N-dealkylation sites (N-methyl/N-ethyl adjacent to an activating group) is 1. The number of alkyl carbamates (subject to hydrolysis) is 1. The number of nitrogens with zero attached hydrogens (tertiary/aromatic N) is 1. The number of ether oxygens (including phenoxy) is 2. The Bertz CT molecular complexity index is 616. The first-order chi connectivity index (χ1) is 12.2. The lowest BCUT2D eigenvalue weighted by atomic mass is 10.1. The van der Waals surface area contributed by atoms with Crippen molar-refractivity contribution in [3.05, 3.63) is 35.4 Å². The van der Waals surface area contributed by atoms with E-state index < -0.39 is 17.7 Å². The van der Waals surface area contributed by atoms with Crippen LogP contribution in [0.2, 0.25) is 0 Å². The predicted molar refractivity (Wildman–Crippen MR) is 97.7 cm³/mol. The lowest BCUT2D eigenvalue weighted by Crippen LogP contribution is -2.34. The van der Waals surface area contributed by atoms with Crippen molar-refractivity contribution in [3.63, 3.8) is 0 Å². The molecule has 0 aliphatic rings. The maximum atomic E-state index is 12.0. The number of hydrogen-bond donors (Lipinski definition) is 1. The highest BCUT2D eigenvalue weighted by molar-refractivity contribution is 5.91. The quantitative estimate of drug-likeness (QED) is 0.752. The molecule has 26 heavy (non-hydrogen) atoms. The van der Waals surface area contributed by atoms with E-state index in [1.54, 1.807) is 49.9 Å². The molecule has 0 saturated heterocycles. The fourth-order valence-electron chi connectivity index (χ4n) is 2.13. The van der Waals surface area contributed by atoms with Crippen molar-refractivity contribution in [3.8, 4) is 0 Å². The van der Waals surface area contributed by atoms with Crippen LogP contribution in [0.15, 0.2) is 24.3 Å². The fourth-order valence-corrected chi connectivity index (χ4v) is 2.13. The Morgan fingerprint density at radius 2 is 1.62 bits per heavy atom. The third-order valence-corrected chi connectivity index (χ3v) is 3.47. The minimum absolute atomic E-state index is 0.221. The molecule has 7 nitrogen and oxygen atoms in total. The number of carbonyl (C=O) groups is 3. The van der Waals surface area contributed by atoms with E-state index in [9.17, 15) is 14.4 Å². The number of esters is 1. The van der Waals surface area contributed by atoms with E-state index in [1.807, 2.05) is 13.8 Å². The smallest absolute Gasteiger partial charge is 0.407 e. The Hall–Kier alpha value is -2.57. The molecule has 1 N–H and O–H groups in total. The van der Waals surface area contributed by atoms with Crippen LogP contribution in [-0.4, -0.2) is 48.2 Å². The Morgan fingerprint density at radius 1 is 1.04 bits per heavy atom. The van der Waals surface area contributed by atoms with Crippen molar-refractivity contribution in [1.82, 2.24) is 10.2 Å². The van der Waals surface area contributed by atoms with Crippen LogP contribution in [0.1, 0.15) is 50.5 Å². The van der Waals surface area contributed by atoms with Gasteiger partial charge >= 0.3 is 12.1 Å². The largest absolute Gasteiger partial charge is 0.452 e. The summed E-state index contributed by atoms with van der Waals surface area (Å²) in [6.07, 6.45) is -0.504. The Morgan fingerprint density at radius 3 is 2.12 bits per heavy atom. The molecule has 1 aromatic carbocycles. The zero-order chi connectivity index (χ0) is 19.7. The second-order valence-electron chi connectivity index (χ2n) is 6.69. The summed E-state index contributed by atoms with van der Waals surface area (Å²) in [5.74, 6) is -0.779. The van der Waals surface area contributed by atoms with Crippen molar-refractivity contribution < 1.29 is 23.9 Å². The van der Waals surface area contributed by atoms with Gasteiger partial charge < -0.3 is 19.7 Å². The third kappa shape index (κ3) is 7.55. The minimum Gasteiger partial charge on any atom is -0.452 e. The molecule has 0 bridgehead atoms. The van der Waals surface area contributed by atoms with Crippen LogP contribution in [0.4, 0.5) is 4.79 Å². The van der Waals surface area contributed by atoms with Crippen LogP contribution in [0.3, 0.4) is 0 Å². The van der Waals surface area contributed by atoms with Gasteiger partial charge in [-0.3, -0.25) is 4.79 Å². The first-order valence-electron chi connectivity index (χ1n) is 8.67. The molecule has 0 radical (unpaired) electrons. The molecule has 2 amide bonds. The van der Waals surface area contributed by atoms with Gasteiger partial charge in [-0.1, -0.05) is 12.1 Å². The average molecular weight is 364 g/mol. The Kier molecular flexibility index (Phi) is 8.09. The van der Waals surface area contributed by atoms with Crippen LogP contribution in [-0.2, 0) is 20.8 Å². The predicted octanol–water partition coefficient (Wildman–Crippen LogP) is 2.74. The van der Waals surface area contributed by atoms with Crippen LogP contribution < -0.4 is 5.32 Å². The molecule has 0 saturated carbocycles. The van der Waals surface area contributed by atoms with Gasteiger partial charge in [-0.15, -0.1) is 0 Å². The molecule has 1 rings (SSSR count). The van der Waals surface area contributed by atoms with E-state index in [2.05, 4.69) is 5.32 Å². The zero-order valence-electron chi connectivity index (χ0n) is 16.1. The summed E-state index contributed by atoms with van der Waals surface area (Å²) < 4.78 is 10.2. The summed E-state index contributed by atoms with van der Waals surface area (Å²) in [5, 5.41) is 2.64. The zero-order valence-corrected chi connectivity index (χ0v) is 16.1. The average Bonchev–Trinajstić information content (AvgIpc) is 2.58. The summed E-state index contributed by atoms with van der Waals surface area (Å²) in [6.45, 7) is 10.3. The van der Waals surface area contributed by atoms with Crippen molar-refractivity contribution in [1.29, 1.82) is 0 Å². The molecule has 0 fully saturated rings. The summed E-state index contributed by atoms with van der Waals surface area (Å²) in [5.41, 5.74) is 0.602. The highest BCUT2D eigenvalue weighted by Gasteiger charge is 2.16. The van der Waals surface area contributed by atoms with Crippen molar-refractivity contribution in [2.45, 2.75) is 46.8 Å². The molecule has 0 unspecified atom stereocenters. The normalized spacial score (nSPS) is 10.8. The monoisotopic (exact) mass is 364 g/mol. The van der Waals surface area contributed by atoms with Crippen LogP contribution >= 0.6 is 0 Å². The van der Waals surface area contributed by atoms with E-state index in [4.69, 9.17) is 9.47 Å². The maximum Gasteiger partial charge on any atom is 0.407 e. The Labute approximate surface area is 154 Å². The summed E-state index contributed by atoms with van der Waals surface area (Å²) in [7, 11) is 0. The van der Waals surface area contributed by atoms with Crippen molar-refractivity contribution >= 4 is 18.0 Å². The molecule has 1 aromatic rings. The maximum absolute atomic E-state index is 12.0. The van der Waals surface area contributed by atoms with Gasteiger partial charge in [0.05, 0.1) is 5.56 Å². The second kappa shape index (κ2) is 9.79. The molecule has 0 spiro atoms. The number of nitrogens with one attached hydrogen (secondary N) is 1. The number of amides is 2. The van der Waals surface area contributed by atoms with Gasteiger partial charge in [0.1, 0.15) is 5.60 Å². The van der Waals surface area contributed by atoms with Crippen LogP contribution in [0, 0.1) is 0 Å². The van der Waals surface area contributed by atoms with Gasteiger partial charge in [0, 0.05) is 19.6 Å². The summed E-state index contributed by atoms with van der Waals surface area (Å²) >= 11 is 0. The first kappa shape index (κ1) is 21.5. The van der Waals surface area contributed by atoms with E-state index in [0.29, 0.717) is 18.7 Å². The molecule has 0 aromatic heterocycles. The van der Waals surface area contributed by atoms with Gasteiger partial charge in [-0.2, -0.15) is 0 Å². The topological polar surface area (TPSA) is 84.9 Å². The van der Waals surface area contributed by atoms with Gasteiger partial charge in [-0.25, -0.2) is 9.59 Å². The van der Waals surface area contributed by atoms with Crippen LogP contribution in [0.5, 0.6) is 0 Å². The number of hydrogen-bond acceptors (Lipinski definition) is 5. The standard InChI is InChI=1S/C19H28N2O5/c1-6-21(7-2)16(22)13-25-17(23)15-10-8-14(9-11-15)12-20-18(24)26-19(3,4)5/h8-11H,6-7,12-13H2,1-5H3,(H,20,24). The summed E-state index contributed by atoms with van der Waals surface area (Å²) in [4.78, 5) is 37.1. The van der Waals surface area contributed by atoms with E-state index in [1.165, 1.54) is 0 Å². The molecule has 7 heteroatoms. The number of benzene rings is 1. The molecule has 144 valence electrons. The van der Waals surface area contributed by atoms with E-state index >= 15 is 0 Å². The highest BCUT2D eigenvalue weighted by atomic mass is 16.6. The Balaban J connectivity index is 2.50. The van der Waals surface area contributed by atoms with Gasteiger partial charge in [-0.05, 0) is 52.3 Å².